The highest BCUT2D eigenvalue weighted by molar-refractivity contribution is 7.10. The predicted molar refractivity (Wildman–Crippen MR) is 70.5 cm³/mol. The summed E-state index contributed by atoms with van der Waals surface area (Å²) in [5.41, 5.74) is 1.02. The van der Waals surface area contributed by atoms with Gasteiger partial charge < -0.3 is 9.84 Å². The maximum Gasteiger partial charge on any atom is 0.107 e. The second-order valence-corrected chi connectivity index (χ2v) is 6.00. The van der Waals surface area contributed by atoms with Gasteiger partial charge in [0.1, 0.15) is 12.2 Å². The third kappa shape index (κ3) is 2.88. The molecule has 1 saturated heterocycles. The Kier molecular flexibility index (Phi) is 4.20. The molecule has 2 heterocycles. The van der Waals surface area contributed by atoms with Crippen LogP contribution >= 0.6 is 11.3 Å². The Morgan fingerprint density at radius 1 is 1.53 bits per heavy atom. The van der Waals surface area contributed by atoms with Crippen LogP contribution in [0.2, 0.25) is 0 Å². The summed E-state index contributed by atoms with van der Waals surface area (Å²) in [6.07, 6.45) is -0.595. The fraction of sp³-hybridized carbons (Fsp3) is 0.692. The molecule has 1 aromatic rings. The highest BCUT2D eigenvalue weighted by Crippen LogP contribution is 2.28. The molecule has 2 rings (SSSR count). The van der Waals surface area contributed by atoms with Crippen LogP contribution in [-0.4, -0.2) is 41.8 Å². The Labute approximate surface area is 107 Å². The van der Waals surface area contributed by atoms with E-state index in [-0.39, 0.29) is 6.10 Å². The molecule has 2 unspecified atom stereocenters. The average molecular weight is 255 g/mol. The normalized spacial score (nSPS) is 24.2. The van der Waals surface area contributed by atoms with Crippen molar-refractivity contribution in [2.24, 2.45) is 0 Å². The average Bonchev–Trinajstić information content (AvgIpc) is 2.74. The van der Waals surface area contributed by atoms with Gasteiger partial charge >= 0.3 is 0 Å². The lowest BCUT2D eigenvalue weighted by molar-refractivity contribution is -0.0961. The number of rotatable bonds is 3. The fourth-order valence-electron chi connectivity index (χ4n) is 2.26. The smallest absolute Gasteiger partial charge is 0.107 e. The lowest BCUT2D eigenvalue weighted by atomic mass is 10.0. The van der Waals surface area contributed by atoms with Crippen molar-refractivity contribution in [2.45, 2.75) is 39.0 Å². The molecule has 2 atom stereocenters. The monoisotopic (exact) mass is 255 g/mol. The lowest BCUT2D eigenvalue weighted by Crippen LogP contribution is -2.47. The molecule has 0 aromatic carbocycles. The third-order valence-corrected chi connectivity index (χ3v) is 4.29. The van der Waals surface area contributed by atoms with E-state index in [4.69, 9.17) is 4.74 Å². The van der Waals surface area contributed by atoms with Crippen LogP contribution < -0.4 is 0 Å². The standard InChI is InChI=1S/C13H21NO2S/c1-9(2)14-5-6-16-12(8-14)13(15)11-4-7-17-10(11)3/h4,7,9,12-13,15H,5-6,8H2,1-3H3. The number of aryl methyl sites for hydroxylation is 1. The van der Waals surface area contributed by atoms with E-state index in [0.717, 1.165) is 18.7 Å². The van der Waals surface area contributed by atoms with Gasteiger partial charge in [-0.1, -0.05) is 0 Å². The maximum absolute atomic E-state index is 10.4. The van der Waals surface area contributed by atoms with Gasteiger partial charge in [0.2, 0.25) is 0 Å². The zero-order valence-electron chi connectivity index (χ0n) is 10.7. The summed E-state index contributed by atoms with van der Waals surface area (Å²) < 4.78 is 5.71. The van der Waals surface area contributed by atoms with Crippen molar-refractivity contribution in [3.8, 4) is 0 Å². The van der Waals surface area contributed by atoms with E-state index in [1.165, 1.54) is 4.88 Å². The largest absolute Gasteiger partial charge is 0.386 e. The van der Waals surface area contributed by atoms with Crippen LogP contribution in [0.3, 0.4) is 0 Å². The second-order valence-electron chi connectivity index (χ2n) is 4.87. The minimum absolute atomic E-state index is 0.0977. The SMILES string of the molecule is Cc1sccc1C(O)C1CN(C(C)C)CCO1. The summed E-state index contributed by atoms with van der Waals surface area (Å²) in [4.78, 5) is 3.54. The number of hydrogen-bond acceptors (Lipinski definition) is 4. The van der Waals surface area contributed by atoms with Gasteiger partial charge in [-0.05, 0) is 37.8 Å². The molecule has 0 aliphatic carbocycles. The molecule has 0 saturated carbocycles. The minimum Gasteiger partial charge on any atom is -0.386 e. The first-order valence-corrected chi connectivity index (χ1v) is 7.05. The Balaban J connectivity index is 2.05. The van der Waals surface area contributed by atoms with Crippen molar-refractivity contribution in [1.29, 1.82) is 0 Å². The van der Waals surface area contributed by atoms with E-state index >= 15 is 0 Å². The van der Waals surface area contributed by atoms with Crippen LogP contribution in [-0.2, 0) is 4.74 Å². The van der Waals surface area contributed by atoms with Crippen molar-refractivity contribution in [3.63, 3.8) is 0 Å². The molecule has 1 aliphatic rings. The third-order valence-electron chi connectivity index (χ3n) is 3.42. The number of ether oxygens (including phenoxy) is 1. The first-order chi connectivity index (χ1) is 8.09. The molecule has 1 aliphatic heterocycles. The van der Waals surface area contributed by atoms with Crippen LogP contribution in [0.1, 0.15) is 30.4 Å². The second kappa shape index (κ2) is 5.48. The molecular weight excluding hydrogens is 234 g/mol. The zero-order valence-corrected chi connectivity index (χ0v) is 11.5. The Morgan fingerprint density at radius 2 is 2.29 bits per heavy atom. The van der Waals surface area contributed by atoms with E-state index in [1.807, 2.05) is 18.4 Å². The predicted octanol–water partition coefficient (Wildman–Crippen LogP) is 2.20. The van der Waals surface area contributed by atoms with Gasteiger partial charge in [0, 0.05) is 24.0 Å². The van der Waals surface area contributed by atoms with Gasteiger partial charge in [-0.25, -0.2) is 0 Å². The number of hydrogen-bond donors (Lipinski definition) is 1. The Hall–Kier alpha value is -0.420. The van der Waals surface area contributed by atoms with E-state index in [2.05, 4.69) is 18.7 Å². The van der Waals surface area contributed by atoms with E-state index in [9.17, 15) is 5.11 Å². The van der Waals surface area contributed by atoms with Crippen LogP contribution in [0.5, 0.6) is 0 Å². The molecule has 3 nitrogen and oxygen atoms in total. The van der Waals surface area contributed by atoms with E-state index < -0.39 is 6.10 Å². The first kappa shape index (κ1) is 13.0. The Bertz CT molecular complexity index is 364. The fourth-order valence-corrected chi connectivity index (χ4v) is 3.00. The van der Waals surface area contributed by atoms with E-state index in [0.29, 0.717) is 12.6 Å². The highest BCUT2D eigenvalue weighted by Gasteiger charge is 2.29. The van der Waals surface area contributed by atoms with Gasteiger partial charge in [0.05, 0.1) is 6.61 Å². The van der Waals surface area contributed by atoms with E-state index in [1.54, 1.807) is 11.3 Å². The molecule has 0 radical (unpaired) electrons. The number of aliphatic hydroxyl groups is 1. The minimum atomic E-state index is -0.497. The summed E-state index contributed by atoms with van der Waals surface area (Å²) in [6.45, 7) is 8.90. The van der Waals surface area contributed by atoms with Crippen LogP contribution in [0.25, 0.3) is 0 Å². The molecule has 1 aromatic heterocycles. The van der Waals surface area contributed by atoms with Gasteiger partial charge in [-0.2, -0.15) is 0 Å². The van der Waals surface area contributed by atoms with Crippen molar-refractivity contribution in [3.05, 3.63) is 21.9 Å². The van der Waals surface area contributed by atoms with Gasteiger partial charge in [-0.3, -0.25) is 4.90 Å². The number of aliphatic hydroxyl groups excluding tert-OH is 1. The van der Waals surface area contributed by atoms with Gasteiger partial charge in [-0.15, -0.1) is 11.3 Å². The highest BCUT2D eigenvalue weighted by atomic mass is 32.1. The van der Waals surface area contributed by atoms with Crippen molar-refractivity contribution in [2.75, 3.05) is 19.7 Å². The van der Waals surface area contributed by atoms with Crippen LogP contribution in [0.4, 0.5) is 0 Å². The van der Waals surface area contributed by atoms with Crippen LogP contribution in [0, 0.1) is 6.92 Å². The molecule has 1 N–H and O–H groups in total. The first-order valence-electron chi connectivity index (χ1n) is 6.17. The summed E-state index contributed by atoms with van der Waals surface area (Å²) in [5.74, 6) is 0. The van der Waals surface area contributed by atoms with Crippen molar-refractivity contribution < 1.29 is 9.84 Å². The number of morpholine rings is 1. The summed E-state index contributed by atoms with van der Waals surface area (Å²) in [5, 5.41) is 12.4. The molecule has 0 spiro atoms. The van der Waals surface area contributed by atoms with Gasteiger partial charge in [0.15, 0.2) is 0 Å². The van der Waals surface area contributed by atoms with Crippen molar-refractivity contribution >= 4 is 11.3 Å². The molecule has 0 amide bonds. The molecule has 4 heteroatoms. The molecule has 1 fully saturated rings. The molecule has 0 bridgehead atoms. The quantitative estimate of drug-likeness (QED) is 0.899. The number of thiophene rings is 1. The summed E-state index contributed by atoms with van der Waals surface area (Å²) >= 11 is 1.67. The topological polar surface area (TPSA) is 32.7 Å². The van der Waals surface area contributed by atoms with Crippen LogP contribution in [0.15, 0.2) is 11.4 Å². The molecule has 96 valence electrons. The molecule has 17 heavy (non-hydrogen) atoms. The maximum atomic E-state index is 10.4. The van der Waals surface area contributed by atoms with Gasteiger partial charge in [0.25, 0.3) is 0 Å². The zero-order chi connectivity index (χ0) is 12.4. The Morgan fingerprint density at radius 3 is 2.88 bits per heavy atom. The molecular formula is C13H21NO2S. The summed E-state index contributed by atoms with van der Waals surface area (Å²) in [6, 6.07) is 2.51. The number of nitrogens with zero attached hydrogens (tertiary/aromatic N) is 1. The summed E-state index contributed by atoms with van der Waals surface area (Å²) in [7, 11) is 0. The lowest BCUT2D eigenvalue weighted by Gasteiger charge is -2.37. The van der Waals surface area contributed by atoms with Crippen molar-refractivity contribution in [1.82, 2.24) is 4.90 Å².